The lowest BCUT2D eigenvalue weighted by Gasteiger charge is -2.14. The maximum Gasteiger partial charge on any atom is 0.0640 e. The lowest BCUT2D eigenvalue weighted by atomic mass is 9.97. The number of aromatic nitrogens is 2. The van der Waals surface area contributed by atoms with E-state index in [-0.39, 0.29) is 6.04 Å². The highest BCUT2D eigenvalue weighted by molar-refractivity contribution is 5.02. The standard InChI is InChI=1S/C17H31N3/c1-3-17(4-2)20-12-11-16(19-20)13-15(18)10-9-14-7-5-6-8-14/h11-12,14-15,17H,3-10,13,18H2,1-2H3. The van der Waals surface area contributed by atoms with Crippen LogP contribution in [0.3, 0.4) is 0 Å². The van der Waals surface area contributed by atoms with E-state index in [4.69, 9.17) is 10.8 Å². The summed E-state index contributed by atoms with van der Waals surface area (Å²) in [5.41, 5.74) is 7.45. The molecule has 3 heteroatoms. The number of nitrogens with zero attached hydrogens (tertiary/aromatic N) is 2. The van der Waals surface area contributed by atoms with E-state index in [1.54, 1.807) is 0 Å². The van der Waals surface area contributed by atoms with Gasteiger partial charge in [0.25, 0.3) is 0 Å². The summed E-state index contributed by atoms with van der Waals surface area (Å²) >= 11 is 0. The number of nitrogens with two attached hydrogens (primary N) is 1. The van der Waals surface area contributed by atoms with Gasteiger partial charge in [-0.3, -0.25) is 4.68 Å². The fourth-order valence-corrected chi connectivity index (χ4v) is 3.47. The Labute approximate surface area is 123 Å². The molecular formula is C17H31N3. The van der Waals surface area contributed by atoms with Crippen LogP contribution in [0.15, 0.2) is 12.3 Å². The molecule has 1 unspecified atom stereocenters. The smallest absolute Gasteiger partial charge is 0.0640 e. The Bertz CT molecular complexity index is 375. The summed E-state index contributed by atoms with van der Waals surface area (Å²) in [6.45, 7) is 4.45. The van der Waals surface area contributed by atoms with Crippen LogP contribution in [0.4, 0.5) is 0 Å². The van der Waals surface area contributed by atoms with E-state index in [0.29, 0.717) is 6.04 Å². The van der Waals surface area contributed by atoms with Crippen molar-refractivity contribution in [3.8, 4) is 0 Å². The first-order valence-corrected chi connectivity index (χ1v) is 8.52. The zero-order valence-corrected chi connectivity index (χ0v) is 13.2. The van der Waals surface area contributed by atoms with Crippen LogP contribution < -0.4 is 5.73 Å². The number of hydrogen-bond donors (Lipinski definition) is 1. The molecule has 3 nitrogen and oxygen atoms in total. The molecular weight excluding hydrogens is 246 g/mol. The summed E-state index contributed by atoms with van der Waals surface area (Å²) in [7, 11) is 0. The zero-order chi connectivity index (χ0) is 14.4. The quantitative estimate of drug-likeness (QED) is 0.778. The van der Waals surface area contributed by atoms with E-state index < -0.39 is 0 Å². The van der Waals surface area contributed by atoms with Gasteiger partial charge in [0, 0.05) is 18.7 Å². The summed E-state index contributed by atoms with van der Waals surface area (Å²) in [5, 5.41) is 4.71. The second-order valence-electron chi connectivity index (χ2n) is 6.45. The van der Waals surface area contributed by atoms with Gasteiger partial charge < -0.3 is 5.73 Å². The molecule has 20 heavy (non-hydrogen) atoms. The van der Waals surface area contributed by atoms with E-state index in [1.807, 2.05) is 0 Å². The molecule has 0 saturated heterocycles. The molecule has 0 spiro atoms. The number of hydrogen-bond acceptors (Lipinski definition) is 2. The van der Waals surface area contributed by atoms with Crippen LogP contribution in [0.25, 0.3) is 0 Å². The first-order chi connectivity index (χ1) is 9.72. The van der Waals surface area contributed by atoms with E-state index in [1.165, 1.54) is 32.1 Å². The summed E-state index contributed by atoms with van der Waals surface area (Å²) in [5.74, 6) is 0.947. The molecule has 0 radical (unpaired) electrons. The van der Waals surface area contributed by atoms with Gasteiger partial charge in [-0.05, 0) is 37.7 Å². The summed E-state index contributed by atoms with van der Waals surface area (Å²) in [6, 6.07) is 2.97. The monoisotopic (exact) mass is 277 g/mol. The average molecular weight is 277 g/mol. The zero-order valence-electron chi connectivity index (χ0n) is 13.2. The molecule has 1 saturated carbocycles. The van der Waals surface area contributed by atoms with Gasteiger partial charge >= 0.3 is 0 Å². The third kappa shape index (κ3) is 4.34. The van der Waals surface area contributed by atoms with Crippen molar-refractivity contribution in [2.24, 2.45) is 11.7 Å². The molecule has 0 aromatic carbocycles. The number of rotatable bonds is 8. The van der Waals surface area contributed by atoms with Crippen molar-refractivity contribution < 1.29 is 0 Å². The van der Waals surface area contributed by atoms with Crippen LogP contribution in [-0.4, -0.2) is 15.8 Å². The van der Waals surface area contributed by atoms with Gasteiger partial charge in [0.1, 0.15) is 0 Å². The highest BCUT2D eigenvalue weighted by Gasteiger charge is 2.17. The van der Waals surface area contributed by atoms with Gasteiger partial charge in [0.15, 0.2) is 0 Å². The van der Waals surface area contributed by atoms with Crippen molar-refractivity contribution in [1.29, 1.82) is 0 Å². The lowest BCUT2D eigenvalue weighted by Crippen LogP contribution is -2.24. The predicted octanol–water partition coefficient (Wildman–Crippen LogP) is 4.08. The van der Waals surface area contributed by atoms with Crippen LogP contribution in [-0.2, 0) is 6.42 Å². The predicted molar refractivity (Wildman–Crippen MR) is 84.7 cm³/mol. The molecule has 1 aliphatic rings. The van der Waals surface area contributed by atoms with Crippen molar-refractivity contribution in [3.63, 3.8) is 0 Å². The van der Waals surface area contributed by atoms with Crippen LogP contribution in [0, 0.1) is 5.92 Å². The second kappa shape index (κ2) is 7.82. The Morgan fingerprint density at radius 1 is 1.30 bits per heavy atom. The largest absolute Gasteiger partial charge is 0.327 e. The normalized spacial score (nSPS) is 18.0. The Balaban J connectivity index is 1.77. The molecule has 1 aromatic rings. The van der Waals surface area contributed by atoms with Gasteiger partial charge in [-0.25, -0.2) is 0 Å². The van der Waals surface area contributed by atoms with E-state index in [9.17, 15) is 0 Å². The topological polar surface area (TPSA) is 43.8 Å². The first kappa shape index (κ1) is 15.6. The third-order valence-electron chi connectivity index (χ3n) is 4.87. The summed E-state index contributed by atoms with van der Waals surface area (Å²) in [4.78, 5) is 0. The molecule has 114 valence electrons. The van der Waals surface area contributed by atoms with Gasteiger partial charge in [-0.1, -0.05) is 39.5 Å². The Kier molecular flexibility index (Phi) is 6.08. The van der Waals surface area contributed by atoms with E-state index in [0.717, 1.165) is 37.3 Å². The molecule has 1 aromatic heterocycles. The summed E-state index contributed by atoms with van der Waals surface area (Å²) in [6.07, 6.45) is 13.5. The Hall–Kier alpha value is -0.830. The van der Waals surface area contributed by atoms with Crippen LogP contribution in [0.2, 0.25) is 0 Å². The molecule has 2 rings (SSSR count). The van der Waals surface area contributed by atoms with Gasteiger partial charge in [-0.15, -0.1) is 0 Å². The van der Waals surface area contributed by atoms with Crippen LogP contribution in [0.5, 0.6) is 0 Å². The molecule has 1 heterocycles. The highest BCUT2D eigenvalue weighted by atomic mass is 15.3. The molecule has 0 bridgehead atoms. The van der Waals surface area contributed by atoms with Crippen molar-refractivity contribution in [1.82, 2.24) is 9.78 Å². The van der Waals surface area contributed by atoms with Crippen molar-refractivity contribution in [2.75, 3.05) is 0 Å². The average Bonchev–Trinajstić information content (AvgIpc) is 3.10. The Morgan fingerprint density at radius 3 is 2.65 bits per heavy atom. The Morgan fingerprint density at radius 2 is 2.00 bits per heavy atom. The molecule has 1 atom stereocenters. The lowest BCUT2D eigenvalue weighted by molar-refractivity contribution is 0.419. The van der Waals surface area contributed by atoms with Gasteiger partial charge in [0.05, 0.1) is 11.7 Å². The fraction of sp³-hybridized carbons (Fsp3) is 0.824. The third-order valence-corrected chi connectivity index (χ3v) is 4.87. The maximum atomic E-state index is 6.28. The van der Waals surface area contributed by atoms with Crippen LogP contribution >= 0.6 is 0 Å². The molecule has 2 N–H and O–H groups in total. The maximum absolute atomic E-state index is 6.28. The van der Waals surface area contributed by atoms with E-state index >= 15 is 0 Å². The van der Waals surface area contributed by atoms with E-state index in [2.05, 4.69) is 30.8 Å². The SMILES string of the molecule is CCC(CC)n1ccc(CC(N)CCC2CCCC2)n1. The fourth-order valence-electron chi connectivity index (χ4n) is 3.47. The first-order valence-electron chi connectivity index (χ1n) is 8.52. The van der Waals surface area contributed by atoms with Crippen molar-refractivity contribution >= 4 is 0 Å². The van der Waals surface area contributed by atoms with Gasteiger partial charge in [0.2, 0.25) is 0 Å². The minimum Gasteiger partial charge on any atom is -0.327 e. The van der Waals surface area contributed by atoms with Crippen LogP contribution in [0.1, 0.15) is 76.9 Å². The minimum absolute atomic E-state index is 0.278. The molecule has 0 amide bonds. The highest BCUT2D eigenvalue weighted by Crippen LogP contribution is 2.29. The molecule has 1 aliphatic carbocycles. The van der Waals surface area contributed by atoms with Gasteiger partial charge in [-0.2, -0.15) is 5.10 Å². The molecule has 0 aliphatic heterocycles. The van der Waals surface area contributed by atoms with Crippen molar-refractivity contribution in [2.45, 2.75) is 83.7 Å². The summed E-state index contributed by atoms with van der Waals surface area (Å²) < 4.78 is 2.12. The molecule has 1 fully saturated rings. The second-order valence-corrected chi connectivity index (χ2v) is 6.45. The van der Waals surface area contributed by atoms with Crippen molar-refractivity contribution in [3.05, 3.63) is 18.0 Å². The minimum atomic E-state index is 0.278.